The van der Waals surface area contributed by atoms with Gasteiger partial charge in [0.15, 0.2) is 5.76 Å². The molecule has 0 saturated heterocycles. The highest BCUT2D eigenvalue weighted by Gasteiger charge is 2.07. The van der Waals surface area contributed by atoms with Gasteiger partial charge in [0.05, 0.1) is 10.7 Å². The van der Waals surface area contributed by atoms with E-state index in [1.807, 2.05) is 6.07 Å². The van der Waals surface area contributed by atoms with Crippen LogP contribution in [0.3, 0.4) is 0 Å². The first-order valence-corrected chi connectivity index (χ1v) is 7.17. The third kappa shape index (κ3) is 4.40. The summed E-state index contributed by atoms with van der Waals surface area (Å²) in [7, 11) is 0. The third-order valence-electron chi connectivity index (χ3n) is 2.60. The van der Waals surface area contributed by atoms with Gasteiger partial charge in [-0.2, -0.15) is 0 Å². The zero-order valence-electron chi connectivity index (χ0n) is 11.2. The highest BCUT2D eigenvalue weighted by molar-refractivity contribution is 6.34. The maximum absolute atomic E-state index is 6.01. The first-order valence-electron chi connectivity index (χ1n) is 6.42. The van der Waals surface area contributed by atoms with Crippen molar-refractivity contribution in [2.24, 2.45) is 0 Å². The molecule has 0 radical (unpaired) electrons. The number of nitrogens with zero attached hydrogens (tertiary/aromatic N) is 1. The Balaban J connectivity index is 1.89. The normalized spacial score (nSPS) is 10.8. The molecule has 1 N–H and O–H groups in total. The molecule has 0 atom stereocenters. The second-order valence-electron chi connectivity index (χ2n) is 4.32. The Morgan fingerprint density at radius 1 is 1.30 bits per heavy atom. The Kier molecular flexibility index (Phi) is 5.71. The van der Waals surface area contributed by atoms with Crippen LogP contribution >= 0.6 is 23.2 Å². The summed E-state index contributed by atoms with van der Waals surface area (Å²) in [4.78, 5) is 0. The molecule has 1 heterocycles. The summed E-state index contributed by atoms with van der Waals surface area (Å²) in [6.45, 7) is 4.02. The minimum atomic E-state index is 0.265. The van der Waals surface area contributed by atoms with Crippen molar-refractivity contribution in [2.75, 3.05) is 6.54 Å². The Hall–Kier alpha value is -1.23. The summed E-state index contributed by atoms with van der Waals surface area (Å²) < 4.78 is 10.8. The van der Waals surface area contributed by atoms with Gasteiger partial charge in [-0.3, -0.25) is 0 Å². The second kappa shape index (κ2) is 7.53. The van der Waals surface area contributed by atoms with Gasteiger partial charge in [-0.15, -0.1) is 0 Å². The van der Waals surface area contributed by atoms with Crippen LogP contribution in [-0.2, 0) is 13.2 Å². The van der Waals surface area contributed by atoms with Crippen LogP contribution in [0.4, 0.5) is 0 Å². The first kappa shape index (κ1) is 15.2. The smallest absolute Gasteiger partial charge is 0.174 e. The quantitative estimate of drug-likeness (QED) is 0.783. The fourth-order valence-electron chi connectivity index (χ4n) is 1.64. The Labute approximate surface area is 128 Å². The molecule has 0 amide bonds. The molecule has 0 unspecified atom stereocenters. The first-order chi connectivity index (χ1) is 9.69. The number of halogens is 2. The maximum Gasteiger partial charge on any atom is 0.174 e. The average Bonchev–Trinajstić information content (AvgIpc) is 2.88. The van der Waals surface area contributed by atoms with Crippen molar-refractivity contribution in [3.8, 4) is 5.75 Å². The number of aromatic nitrogens is 1. The van der Waals surface area contributed by atoms with Crippen molar-refractivity contribution in [3.63, 3.8) is 0 Å². The fourth-order valence-corrected chi connectivity index (χ4v) is 1.97. The van der Waals surface area contributed by atoms with Crippen LogP contribution in [0.1, 0.15) is 24.8 Å². The van der Waals surface area contributed by atoms with Crippen LogP contribution in [0, 0.1) is 0 Å². The van der Waals surface area contributed by atoms with E-state index in [2.05, 4.69) is 17.4 Å². The Bertz CT molecular complexity index is 558. The highest BCUT2D eigenvalue weighted by Crippen LogP contribution is 2.28. The number of nitrogens with one attached hydrogen (secondary N) is 1. The Morgan fingerprint density at radius 3 is 2.95 bits per heavy atom. The SMILES string of the molecule is CCCNCc1cc(COc2cc(Cl)ccc2Cl)on1. The van der Waals surface area contributed by atoms with Gasteiger partial charge in [-0.05, 0) is 25.1 Å². The van der Waals surface area contributed by atoms with Gasteiger partial charge in [0.25, 0.3) is 0 Å². The molecule has 0 saturated carbocycles. The molecule has 6 heteroatoms. The zero-order chi connectivity index (χ0) is 14.4. The number of ether oxygens (including phenoxy) is 1. The lowest BCUT2D eigenvalue weighted by Crippen LogP contribution is -2.13. The van der Waals surface area contributed by atoms with Gasteiger partial charge in [-0.1, -0.05) is 35.3 Å². The summed E-state index contributed by atoms with van der Waals surface area (Å²) in [5, 5.41) is 8.31. The van der Waals surface area contributed by atoms with Crippen LogP contribution in [0.5, 0.6) is 5.75 Å². The van der Waals surface area contributed by atoms with Gasteiger partial charge in [0.2, 0.25) is 0 Å². The molecule has 0 bridgehead atoms. The lowest BCUT2D eigenvalue weighted by molar-refractivity contribution is 0.248. The van der Waals surface area contributed by atoms with E-state index in [4.69, 9.17) is 32.5 Å². The van der Waals surface area contributed by atoms with Gasteiger partial charge >= 0.3 is 0 Å². The summed E-state index contributed by atoms with van der Waals surface area (Å²) >= 11 is 11.9. The minimum Gasteiger partial charge on any atom is -0.484 e. The largest absolute Gasteiger partial charge is 0.484 e. The molecule has 1 aromatic heterocycles. The molecule has 2 aromatic rings. The monoisotopic (exact) mass is 314 g/mol. The molecule has 108 valence electrons. The Morgan fingerprint density at radius 2 is 2.15 bits per heavy atom. The minimum absolute atomic E-state index is 0.265. The highest BCUT2D eigenvalue weighted by atomic mass is 35.5. The molecular weight excluding hydrogens is 299 g/mol. The van der Waals surface area contributed by atoms with E-state index >= 15 is 0 Å². The van der Waals surface area contributed by atoms with Crippen molar-refractivity contribution < 1.29 is 9.26 Å². The van der Waals surface area contributed by atoms with Crippen molar-refractivity contribution in [1.29, 1.82) is 0 Å². The van der Waals surface area contributed by atoms with E-state index in [1.165, 1.54) is 0 Å². The summed E-state index contributed by atoms with van der Waals surface area (Å²) in [6, 6.07) is 6.94. The van der Waals surface area contributed by atoms with Crippen molar-refractivity contribution >= 4 is 23.2 Å². The third-order valence-corrected chi connectivity index (χ3v) is 3.15. The van der Waals surface area contributed by atoms with Crippen LogP contribution < -0.4 is 10.1 Å². The summed E-state index contributed by atoms with van der Waals surface area (Å²) in [5.74, 6) is 1.18. The molecule has 0 spiro atoms. The van der Waals surface area contributed by atoms with Crippen LogP contribution in [0.25, 0.3) is 0 Å². The molecule has 20 heavy (non-hydrogen) atoms. The average molecular weight is 315 g/mol. The standard InChI is InChI=1S/C14H16Cl2N2O2/c1-2-5-17-8-11-7-12(20-18-11)9-19-14-6-10(15)3-4-13(14)16/h3-4,6-7,17H,2,5,8-9H2,1H3. The van der Waals surface area contributed by atoms with E-state index in [0.717, 1.165) is 18.7 Å². The van der Waals surface area contributed by atoms with E-state index in [1.54, 1.807) is 18.2 Å². The molecule has 0 aliphatic heterocycles. The number of benzene rings is 1. The maximum atomic E-state index is 6.01. The summed E-state index contributed by atoms with van der Waals surface area (Å²) in [5.41, 5.74) is 0.856. The fraction of sp³-hybridized carbons (Fsp3) is 0.357. The predicted octanol–water partition coefficient (Wildman–Crippen LogP) is 4.06. The summed E-state index contributed by atoms with van der Waals surface area (Å²) in [6.07, 6.45) is 1.08. The molecule has 0 aliphatic rings. The van der Waals surface area contributed by atoms with E-state index in [-0.39, 0.29) is 6.61 Å². The van der Waals surface area contributed by atoms with Crippen molar-refractivity contribution in [1.82, 2.24) is 10.5 Å². The number of hydrogen-bond acceptors (Lipinski definition) is 4. The van der Waals surface area contributed by atoms with E-state index in [9.17, 15) is 0 Å². The van der Waals surface area contributed by atoms with Gasteiger partial charge in [-0.25, -0.2) is 0 Å². The van der Waals surface area contributed by atoms with Gasteiger partial charge in [0.1, 0.15) is 12.4 Å². The van der Waals surface area contributed by atoms with Gasteiger partial charge in [0, 0.05) is 23.7 Å². The van der Waals surface area contributed by atoms with Crippen molar-refractivity contribution in [3.05, 3.63) is 45.8 Å². The number of hydrogen-bond donors (Lipinski definition) is 1. The van der Waals surface area contributed by atoms with Crippen LogP contribution in [-0.4, -0.2) is 11.7 Å². The lowest BCUT2D eigenvalue weighted by Gasteiger charge is -2.05. The van der Waals surface area contributed by atoms with Gasteiger partial charge < -0.3 is 14.6 Å². The number of rotatable bonds is 7. The van der Waals surface area contributed by atoms with E-state index < -0.39 is 0 Å². The second-order valence-corrected chi connectivity index (χ2v) is 5.17. The molecule has 4 nitrogen and oxygen atoms in total. The molecule has 0 fully saturated rings. The van der Waals surface area contributed by atoms with Crippen LogP contribution in [0.15, 0.2) is 28.8 Å². The van der Waals surface area contributed by atoms with Crippen LogP contribution in [0.2, 0.25) is 10.0 Å². The lowest BCUT2D eigenvalue weighted by atomic mass is 10.3. The molecule has 2 rings (SSSR count). The van der Waals surface area contributed by atoms with E-state index in [0.29, 0.717) is 28.1 Å². The van der Waals surface area contributed by atoms with Crippen molar-refractivity contribution in [2.45, 2.75) is 26.5 Å². The molecular formula is C14H16Cl2N2O2. The topological polar surface area (TPSA) is 47.3 Å². The predicted molar refractivity (Wildman–Crippen MR) is 79.3 cm³/mol. The zero-order valence-corrected chi connectivity index (χ0v) is 12.7. The molecule has 0 aliphatic carbocycles. The molecule has 1 aromatic carbocycles.